The van der Waals surface area contributed by atoms with Gasteiger partial charge in [-0.3, -0.25) is 4.98 Å². The van der Waals surface area contributed by atoms with Gasteiger partial charge in [-0.05, 0) is 77.2 Å². The van der Waals surface area contributed by atoms with Crippen molar-refractivity contribution in [2.45, 2.75) is 131 Å². The maximum absolute atomic E-state index is 11.8. The molecule has 0 saturated heterocycles. The predicted octanol–water partition coefficient (Wildman–Crippen LogP) is 13.4. The minimum absolute atomic E-state index is 0. The van der Waals surface area contributed by atoms with Crippen molar-refractivity contribution in [2.75, 3.05) is 0 Å². The molecule has 0 fully saturated rings. The van der Waals surface area contributed by atoms with Gasteiger partial charge in [0.15, 0.2) is 0 Å². The Morgan fingerprint density at radius 3 is 2.12 bits per heavy atom. The Bertz CT molecular complexity index is 2310. The average Bonchev–Trinajstić information content (AvgIpc) is 3.50. The number of carbonyl (C=O) groups excluding carboxylic acids is 1. The molecule has 0 unspecified atom stereocenters. The van der Waals surface area contributed by atoms with Gasteiger partial charge < -0.3 is 9.21 Å². The summed E-state index contributed by atoms with van der Waals surface area (Å²) in [4.78, 5) is 16.5. The standard InChI is InChI=1S/C33H34NO.C14H25O.Ir/c1-31(2,3)25-17-21(16-20-10-8-9-11-22(20)25)29-30-23(12-15-34-29)24-18-26-27(19-28(24)35-30)33(6,7)14-13-32(26,4)5;1-6-12(7-2)11(5)10-14(15)13(8-3)9-4;/h8-12,15,17-19H,13-14H2,1-7H3;10,12-13H,5-9H2,1-4H3;/q2*-1;/b;11-10+;/i8D,9D,10D,11D,17D;;. The van der Waals surface area contributed by atoms with E-state index in [1.165, 1.54) is 11.1 Å². The molecule has 0 N–H and O–H groups in total. The van der Waals surface area contributed by atoms with Crippen molar-refractivity contribution < 1.29 is 36.2 Å². The Labute approximate surface area is 328 Å². The predicted molar refractivity (Wildman–Crippen MR) is 214 cm³/mol. The Balaban J connectivity index is 0.000000372. The van der Waals surface area contributed by atoms with Crippen molar-refractivity contribution >= 4 is 38.5 Å². The number of rotatable bonds is 8. The SMILES string of the molecule is [2H]c1c([2H])c([2H])c2c(C(C)(C)C)c([2H])c(-c3nccc4c3oc3cc5c(cc34)C(C)(C)CCC5(C)C)[c-]c2c1[2H].[CH2-]/C(=C\C(=O)C(CC)CC)C(CC)CC.[Ir]. The molecule has 0 atom stereocenters. The van der Waals surface area contributed by atoms with Crippen LogP contribution in [0.3, 0.4) is 0 Å². The number of nitrogens with zero attached hydrogens (tertiary/aromatic N) is 1. The van der Waals surface area contributed by atoms with Gasteiger partial charge in [-0.1, -0.05) is 118 Å². The van der Waals surface area contributed by atoms with Crippen molar-refractivity contribution in [1.29, 1.82) is 0 Å². The number of furan rings is 1. The van der Waals surface area contributed by atoms with Gasteiger partial charge in [-0.25, -0.2) is 12.5 Å². The molecular weight excluding hydrogens is 803 g/mol. The second-order valence-corrected chi connectivity index (χ2v) is 16.4. The van der Waals surface area contributed by atoms with Crippen LogP contribution in [-0.4, -0.2) is 10.8 Å². The summed E-state index contributed by atoms with van der Waals surface area (Å²) in [5.41, 5.74) is 5.85. The van der Waals surface area contributed by atoms with E-state index < -0.39 is 5.41 Å². The normalized spacial score (nSPS) is 16.9. The third kappa shape index (κ3) is 8.23. The number of aromatic nitrogens is 1. The molecule has 5 aromatic rings. The Morgan fingerprint density at radius 1 is 0.941 bits per heavy atom. The van der Waals surface area contributed by atoms with E-state index in [1.807, 2.05) is 26.8 Å². The summed E-state index contributed by atoms with van der Waals surface area (Å²) >= 11 is 0. The van der Waals surface area contributed by atoms with Gasteiger partial charge in [0.2, 0.25) is 0 Å². The number of fused-ring (bicyclic) bond motifs is 5. The fourth-order valence-electron chi connectivity index (χ4n) is 7.48. The van der Waals surface area contributed by atoms with Gasteiger partial charge in [0.25, 0.3) is 0 Å². The zero-order chi connectivity index (χ0) is 40.9. The second-order valence-electron chi connectivity index (χ2n) is 16.4. The number of hydrogen-bond acceptors (Lipinski definition) is 3. The molecule has 1 radical (unpaired) electrons. The molecule has 0 spiro atoms. The van der Waals surface area contributed by atoms with Gasteiger partial charge >= 0.3 is 0 Å². The molecule has 4 heteroatoms. The van der Waals surface area contributed by atoms with E-state index in [4.69, 9.17) is 9.90 Å². The summed E-state index contributed by atoms with van der Waals surface area (Å²) in [5.74, 6) is 0.927. The molecule has 6 rings (SSSR count). The number of hydrogen-bond donors (Lipinski definition) is 0. The van der Waals surface area contributed by atoms with E-state index in [1.54, 1.807) is 12.3 Å². The van der Waals surface area contributed by atoms with Crippen LogP contribution in [0.2, 0.25) is 0 Å². The molecule has 51 heavy (non-hydrogen) atoms. The first-order valence-electron chi connectivity index (χ1n) is 21.0. The van der Waals surface area contributed by atoms with E-state index >= 15 is 0 Å². The molecule has 0 bridgehead atoms. The quantitative estimate of drug-likeness (QED) is 0.115. The topological polar surface area (TPSA) is 43.1 Å². The molecule has 275 valence electrons. The largest absolute Gasteiger partial charge is 0.462 e. The maximum Gasteiger partial charge on any atom is 0.134 e. The molecule has 2 heterocycles. The van der Waals surface area contributed by atoms with E-state index in [0.29, 0.717) is 33.7 Å². The van der Waals surface area contributed by atoms with Crippen LogP contribution in [0.25, 0.3) is 44.0 Å². The van der Waals surface area contributed by atoms with Crippen molar-refractivity contribution in [3.05, 3.63) is 95.9 Å². The van der Waals surface area contributed by atoms with Gasteiger partial charge in [-0.2, -0.15) is 6.08 Å². The molecule has 0 aliphatic heterocycles. The second kappa shape index (κ2) is 15.8. The first kappa shape index (κ1) is 33.6. The van der Waals surface area contributed by atoms with Crippen LogP contribution in [0.15, 0.2) is 70.7 Å². The maximum atomic E-state index is 11.8. The summed E-state index contributed by atoms with van der Waals surface area (Å²) in [5, 5.41) is 2.51. The third-order valence-corrected chi connectivity index (χ3v) is 11.0. The van der Waals surface area contributed by atoms with Crippen molar-refractivity contribution in [2.24, 2.45) is 11.8 Å². The summed E-state index contributed by atoms with van der Waals surface area (Å²) in [7, 11) is 0. The van der Waals surface area contributed by atoms with Gasteiger partial charge in [-0.15, -0.1) is 29.1 Å². The van der Waals surface area contributed by atoms with E-state index in [9.17, 15) is 6.17 Å². The van der Waals surface area contributed by atoms with E-state index in [2.05, 4.69) is 85.5 Å². The van der Waals surface area contributed by atoms with Crippen molar-refractivity contribution in [3.8, 4) is 11.3 Å². The number of ketones is 1. The Morgan fingerprint density at radius 2 is 1.53 bits per heavy atom. The van der Waals surface area contributed by atoms with Crippen LogP contribution in [0, 0.1) is 24.8 Å². The third-order valence-electron chi connectivity index (χ3n) is 11.0. The van der Waals surface area contributed by atoms with Gasteiger partial charge in [0.05, 0.1) is 9.90 Å². The summed E-state index contributed by atoms with van der Waals surface area (Å²) in [6.45, 7) is 27.5. The first-order chi connectivity index (χ1) is 25.6. The van der Waals surface area contributed by atoms with E-state index in [-0.39, 0.29) is 78.2 Å². The molecule has 2 aromatic heterocycles. The number of pyridine rings is 1. The summed E-state index contributed by atoms with van der Waals surface area (Å²) in [6, 6.07) is 8.79. The number of allylic oxidation sites excluding steroid dienone is 2. The van der Waals surface area contributed by atoms with Crippen LogP contribution >= 0.6 is 0 Å². The summed E-state index contributed by atoms with van der Waals surface area (Å²) < 4.78 is 49.7. The van der Waals surface area contributed by atoms with Crippen LogP contribution in [0.4, 0.5) is 0 Å². The Kier molecular flexibility index (Phi) is 10.4. The minimum atomic E-state index is -0.574. The zero-order valence-corrected chi connectivity index (χ0v) is 35.0. The molecule has 3 aromatic carbocycles. The molecular formula is C47H59IrNO2-2. The smallest absolute Gasteiger partial charge is 0.134 e. The average molecular weight is 867 g/mol. The first-order valence-corrected chi connectivity index (χ1v) is 18.5. The fraction of sp³-hybridized carbons (Fsp3) is 0.468. The van der Waals surface area contributed by atoms with Crippen molar-refractivity contribution in [3.63, 3.8) is 0 Å². The Hall–Kier alpha value is -3.20. The molecule has 0 amide bonds. The van der Waals surface area contributed by atoms with Crippen LogP contribution < -0.4 is 0 Å². The van der Waals surface area contributed by atoms with E-state index in [0.717, 1.165) is 60.5 Å². The number of carbonyl (C=O) groups is 1. The molecule has 1 aliphatic rings. The molecule has 0 saturated carbocycles. The molecule has 1 aliphatic carbocycles. The van der Waals surface area contributed by atoms with Crippen LogP contribution in [-0.2, 0) is 41.1 Å². The van der Waals surface area contributed by atoms with Gasteiger partial charge in [0, 0.05) is 51.4 Å². The minimum Gasteiger partial charge on any atom is -0.462 e. The summed E-state index contributed by atoms with van der Waals surface area (Å²) in [6.07, 6.45) is 9.70. The zero-order valence-electron chi connectivity index (χ0n) is 37.6. The van der Waals surface area contributed by atoms with Gasteiger partial charge in [0.1, 0.15) is 11.2 Å². The molecule has 3 nitrogen and oxygen atoms in total. The number of benzene rings is 3. The van der Waals surface area contributed by atoms with Crippen LogP contribution in [0.1, 0.15) is 138 Å². The van der Waals surface area contributed by atoms with Crippen molar-refractivity contribution in [1.82, 2.24) is 4.98 Å². The monoisotopic (exact) mass is 867 g/mol. The fourth-order valence-corrected chi connectivity index (χ4v) is 7.48. The van der Waals surface area contributed by atoms with Crippen LogP contribution in [0.5, 0.6) is 0 Å².